The molecule has 0 N–H and O–H groups in total. The van der Waals surface area contributed by atoms with Gasteiger partial charge >= 0.3 is 0 Å². The summed E-state index contributed by atoms with van der Waals surface area (Å²) in [6.07, 6.45) is 4.44. The van der Waals surface area contributed by atoms with E-state index in [1.807, 2.05) is 19.1 Å². The van der Waals surface area contributed by atoms with Crippen LogP contribution in [0.5, 0.6) is 0 Å². The van der Waals surface area contributed by atoms with Crippen LogP contribution in [0, 0.1) is 12.7 Å². The van der Waals surface area contributed by atoms with E-state index < -0.39 is 0 Å². The van der Waals surface area contributed by atoms with Crippen LogP contribution in [0.4, 0.5) is 4.39 Å². The highest BCUT2D eigenvalue weighted by atomic mass is 19.1. The lowest BCUT2D eigenvalue weighted by molar-refractivity contribution is 0.0982. The lowest BCUT2D eigenvalue weighted by atomic mass is 10.00. The van der Waals surface area contributed by atoms with Crippen molar-refractivity contribution in [1.82, 2.24) is 4.98 Å². The highest BCUT2D eigenvalue weighted by Gasteiger charge is 2.10. The Morgan fingerprint density at radius 2 is 2.17 bits per heavy atom. The van der Waals surface area contributed by atoms with E-state index in [1.165, 1.54) is 12.1 Å². The fourth-order valence-electron chi connectivity index (χ4n) is 1.83. The molecule has 0 atom stereocenters. The molecule has 0 unspecified atom stereocenters. The third-order valence-corrected chi connectivity index (χ3v) is 2.86. The van der Waals surface area contributed by atoms with Crippen molar-refractivity contribution in [2.24, 2.45) is 0 Å². The van der Waals surface area contributed by atoms with Gasteiger partial charge in [0.2, 0.25) is 0 Å². The lowest BCUT2D eigenvalue weighted by Gasteiger charge is -2.05. The summed E-state index contributed by atoms with van der Waals surface area (Å²) in [5, 5.41) is 0. The first-order chi connectivity index (χ1) is 8.66. The molecule has 0 saturated heterocycles. The number of halogens is 1. The second kappa shape index (κ2) is 5.54. The van der Waals surface area contributed by atoms with Crippen LogP contribution in [0.25, 0.3) is 0 Å². The molecule has 2 aromatic rings. The number of rotatable bonds is 4. The number of Topliss-reactive ketones (excluding diaryl/α,β-unsaturated/α-hetero) is 1. The first kappa shape index (κ1) is 12.4. The highest BCUT2D eigenvalue weighted by Crippen LogP contribution is 2.14. The van der Waals surface area contributed by atoms with E-state index in [1.54, 1.807) is 18.5 Å². The number of nitrogens with zero attached hydrogens (tertiary/aromatic N) is 1. The van der Waals surface area contributed by atoms with Gasteiger partial charge in [-0.25, -0.2) is 4.39 Å². The number of hydrogen-bond donors (Lipinski definition) is 0. The van der Waals surface area contributed by atoms with E-state index in [0.29, 0.717) is 18.4 Å². The summed E-state index contributed by atoms with van der Waals surface area (Å²) in [6.45, 7) is 1.82. The predicted octanol–water partition coefficient (Wildman–Crippen LogP) is 3.34. The van der Waals surface area contributed by atoms with E-state index in [4.69, 9.17) is 0 Å². The summed E-state index contributed by atoms with van der Waals surface area (Å²) >= 11 is 0. The van der Waals surface area contributed by atoms with E-state index in [0.717, 1.165) is 11.1 Å². The third kappa shape index (κ3) is 3.00. The normalized spacial score (nSPS) is 10.3. The Kier molecular flexibility index (Phi) is 3.82. The van der Waals surface area contributed by atoms with Crippen LogP contribution in [0.2, 0.25) is 0 Å². The molecule has 2 nitrogen and oxygen atoms in total. The monoisotopic (exact) mass is 243 g/mol. The van der Waals surface area contributed by atoms with Crippen molar-refractivity contribution in [3.8, 4) is 0 Å². The standard InChI is InChI=1S/C15H14FNO/c1-11-4-6-13(16)9-14(11)15(18)7-5-12-3-2-8-17-10-12/h2-4,6,8-10H,5,7H2,1H3. The average molecular weight is 243 g/mol. The topological polar surface area (TPSA) is 30.0 Å². The summed E-state index contributed by atoms with van der Waals surface area (Å²) in [7, 11) is 0. The van der Waals surface area contributed by atoms with Crippen LogP contribution in [-0.4, -0.2) is 10.8 Å². The summed E-state index contributed by atoms with van der Waals surface area (Å²) in [5.41, 5.74) is 2.30. The Hall–Kier alpha value is -2.03. The molecule has 92 valence electrons. The summed E-state index contributed by atoms with van der Waals surface area (Å²) in [6, 6.07) is 8.08. The number of carbonyl (C=O) groups excluding carboxylic acids is 1. The highest BCUT2D eigenvalue weighted by molar-refractivity contribution is 5.97. The van der Waals surface area contributed by atoms with Crippen molar-refractivity contribution < 1.29 is 9.18 Å². The van der Waals surface area contributed by atoms with Gasteiger partial charge in [-0.15, -0.1) is 0 Å². The van der Waals surface area contributed by atoms with Crippen LogP contribution in [0.1, 0.15) is 27.9 Å². The summed E-state index contributed by atoms with van der Waals surface area (Å²) in [4.78, 5) is 16.0. The van der Waals surface area contributed by atoms with Crippen molar-refractivity contribution in [1.29, 1.82) is 0 Å². The van der Waals surface area contributed by atoms with Gasteiger partial charge in [0, 0.05) is 24.4 Å². The zero-order valence-corrected chi connectivity index (χ0v) is 10.2. The molecule has 0 saturated carbocycles. The molecule has 1 aromatic carbocycles. The van der Waals surface area contributed by atoms with Gasteiger partial charge < -0.3 is 0 Å². The number of ketones is 1. The van der Waals surface area contributed by atoms with Gasteiger partial charge in [-0.3, -0.25) is 9.78 Å². The molecular formula is C15H14FNO. The van der Waals surface area contributed by atoms with Crippen molar-refractivity contribution >= 4 is 5.78 Å². The van der Waals surface area contributed by atoms with E-state index in [-0.39, 0.29) is 11.6 Å². The Bertz CT molecular complexity index is 552. The second-order valence-electron chi connectivity index (χ2n) is 4.24. The minimum atomic E-state index is -0.370. The molecular weight excluding hydrogens is 229 g/mol. The number of carbonyl (C=O) groups is 1. The van der Waals surface area contributed by atoms with Crippen LogP contribution >= 0.6 is 0 Å². The first-order valence-corrected chi connectivity index (χ1v) is 5.85. The Labute approximate surface area is 105 Å². The molecule has 0 amide bonds. The number of hydrogen-bond acceptors (Lipinski definition) is 2. The summed E-state index contributed by atoms with van der Waals surface area (Å²) in [5.74, 6) is -0.402. The molecule has 0 fully saturated rings. The van der Waals surface area contributed by atoms with Gasteiger partial charge in [-0.05, 0) is 42.7 Å². The second-order valence-corrected chi connectivity index (χ2v) is 4.24. The van der Waals surface area contributed by atoms with Crippen molar-refractivity contribution in [2.45, 2.75) is 19.8 Å². The van der Waals surface area contributed by atoms with E-state index in [9.17, 15) is 9.18 Å². The molecule has 0 radical (unpaired) electrons. The molecule has 3 heteroatoms. The average Bonchev–Trinajstić information content (AvgIpc) is 2.40. The maximum absolute atomic E-state index is 13.1. The number of aryl methyl sites for hydroxylation is 2. The third-order valence-electron chi connectivity index (χ3n) is 2.86. The maximum atomic E-state index is 13.1. The minimum Gasteiger partial charge on any atom is -0.294 e. The molecule has 2 rings (SSSR count). The van der Waals surface area contributed by atoms with Gasteiger partial charge in [0.15, 0.2) is 5.78 Å². The molecule has 0 aliphatic carbocycles. The number of aromatic nitrogens is 1. The minimum absolute atomic E-state index is 0.0316. The Morgan fingerprint density at radius 3 is 2.89 bits per heavy atom. The quantitative estimate of drug-likeness (QED) is 0.771. The number of pyridine rings is 1. The summed E-state index contributed by atoms with van der Waals surface area (Å²) < 4.78 is 13.1. The van der Waals surface area contributed by atoms with Crippen molar-refractivity contribution in [3.05, 3.63) is 65.2 Å². The molecule has 1 heterocycles. The first-order valence-electron chi connectivity index (χ1n) is 5.85. The zero-order chi connectivity index (χ0) is 13.0. The molecule has 18 heavy (non-hydrogen) atoms. The molecule has 0 aliphatic heterocycles. The molecule has 0 bridgehead atoms. The van der Waals surface area contributed by atoms with E-state index >= 15 is 0 Å². The smallest absolute Gasteiger partial charge is 0.163 e. The van der Waals surface area contributed by atoms with Crippen molar-refractivity contribution in [3.63, 3.8) is 0 Å². The Balaban J connectivity index is 2.06. The van der Waals surface area contributed by atoms with Crippen molar-refractivity contribution in [2.75, 3.05) is 0 Å². The van der Waals surface area contributed by atoms with Gasteiger partial charge in [0.1, 0.15) is 5.82 Å². The van der Waals surface area contributed by atoms with Gasteiger partial charge in [-0.1, -0.05) is 12.1 Å². The van der Waals surface area contributed by atoms with E-state index in [2.05, 4.69) is 4.98 Å². The molecule has 0 aliphatic rings. The van der Waals surface area contributed by atoms with Crippen LogP contribution in [-0.2, 0) is 6.42 Å². The van der Waals surface area contributed by atoms with Crippen LogP contribution < -0.4 is 0 Å². The van der Waals surface area contributed by atoms with Crippen LogP contribution in [0.3, 0.4) is 0 Å². The van der Waals surface area contributed by atoms with Crippen LogP contribution in [0.15, 0.2) is 42.7 Å². The number of benzene rings is 1. The SMILES string of the molecule is Cc1ccc(F)cc1C(=O)CCc1cccnc1. The molecule has 0 spiro atoms. The zero-order valence-electron chi connectivity index (χ0n) is 10.2. The predicted molar refractivity (Wildman–Crippen MR) is 68.0 cm³/mol. The Morgan fingerprint density at radius 1 is 1.33 bits per heavy atom. The lowest BCUT2D eigenvalue weighted by Crippen LogP contribution is -2.04. The van der Waals surface area contributed by atoms with Gasteiger partial charge in [0.05, 0.1) is 0 Å². The largest absolute Gasteiger partial charge is 0.294 e. The fourth-order valence-corrected chi connectivity index (χ4v) is 1.83. The maximum Gasteiger partial charge on any atom is 0.163 e. The van der Waals surface area contributed by atoms with Gasteiger partial charge in [0.25, 0.3) is 0 Å². The fraction of sp³-hybridized carbons (Fsp3) is 0.200. The van der Waals surface area contributed by atoms with Gasteiger partial charge in [-0.2, -0.15) is 0 Å². The molecule has 1 aromatic heterocycles.